The van der Waals surface area contributed by atoms with E-state index in [4.69, 9.17) is 5.11 Å². The summed E-state index contributed by atoms with van der Waals surface area (Å²) in [5.41, 5.74) is 0.609. The lowest BCUT2D eigenvalue weighted by Crippen LogP contribution is -2.52. The molecule has 2 rings (SSSR count). The average molecular weight is 301 g/mol. The highest BCUT2D eigenvalue weighted by atomic mass is 32.2. The number of carboxylic acids is 1. The van der Waals surface area contributed by atoms with Crippen molar-refractivity contribution in [1.82, 2.24) is 15.1 Å². The minimum atomic E-state index is -3.28. The van der Waals surface area contributed by atoms with Crippen molar-refractivity contribution in [3.05, 3.63) is 18.0 Å². The molecular weight excluding hydrogens is 286 g/mol. The topological polar surface area (TPSA) is 120 Å². The van der Waals surface area contributed by atoms with Crippen molar-refractivity contribution in [1.29, 1.82) is 0 Å². The summed E-state index contributed by atoms with van der Waals surface area (Å²) in [4.78, 5) is 24.3. The molecule has 1 aromatic heterocycles. The van der Waals surface area contributed by atoms with Crippen LogP contribution in [0.2, 0.25) is 0 Å². The van der Waals surface area contributed by atoms with Crippen molar-refractivity contribution in [2.24, 2.45) is 0 Å². The lowest BCUT2D eigenvalue weighted by atomic mass is 10.1. The van der Waals surface area contributed by atoms with E-state index in [-0.39, 0.29) is 36.8 Å². The first kappa shape index (κ1) is 14.5. The van der Waals surface area contributed by atoms with Gasteiger partial charge in [0.25, 0.3) is 0 Å². The summed E-state index contributed by atoms with van der Waals surface area (Å²) >= 11 is 0. The van der Waals surface area contributed by atoms with E-state index in [1.54, 1.807) is 6.07 Å². The van der Waals surface area contributed by atoms with Gasteiger partial charge in [0.05, 0.1) is 30.4 Å². The van der Waals surface area contributed by atoms with E-state index in [9.17, 15) is 18.0 Å². The maximum absolute atomic E-state index is 12.2. The number of aromatic amines is 1. The quantitative estimate of drug-likeness (QED) is 0.740. The number of aliphatic carboxylic acids is 1. The van der Waals surface area contributed by atoms with Crippen LogP contribution in [0, 0.1) is 0 Å². The van der Waals surface area contributed by atoms with Crippen LogP contribution in [0.25, 0.3) is 0 Å². The molecule has 1 saturated heterocycles. The zero-order valence-electron chi connectivity index (χ0n) is 10.7. The SMILES string of the molecule is O=C(O)CC1CS(=O)(=O)CCN1C(=O)Cc1ccn[nH]1. The number of nitrogens with one attached hydrogen (secondary N) is 1. The number of hydrogen-bond acceptors (Lipinski definition) is 5. The third kappa shape index (κ3) is 3.56. The second kappa shape index (κ2) is 5.61. The van der Waals surface area contributed by atoms with Crippen LogP contribution < -0.4 is 0 Å². The number of carbonyl (C=O) groups is 2. The van der Waals surface area contributed by atoms with Gasteiger partial charge in [0.15, 0.2) is 9.84 Å². The van der Waals surface area contributed by atoms with Crippen molar-refractivity contribution >= 4 is 21.7 Å². The maximum Gasteiger partial charge on any atom is 0.305 e. The molecule has 1 amide bonds. The van der Waals surface area contributed by atoms with E-state index < -0.39 is 21.8 Å². The highest BCUT2D eigenvalue weighted by Crippen LogP contribution is 2.16. The smallest absolute Gasteiger partial charge is 0.305 e. The van der Waals surface area contributed by atoms with E-state index >= 15 is 0 Å². The van der Waals surface area contributed by atoms with Crippen LogP contribution in [0.5, 0.6) is 0 Å². The minimum Gasteiger partial charge on any atom is -0.481 e. The van der Waals surface area contributed by atoms with Crippen molar-refractivity contribution < 1.29 is 23.1 Å². The second-order valence-corrected chi connectivity index (χ2v) is 6.94. The van der Waals surface area contributed by atoms with Gasteiger partial charge in [-0.3, -0.25) is 14.7 Å². The van der Waals surface area contributed by atoms with Gasteiger partial charge in [-0.15, -0.1) is 0 Å². The van der Waals surface area contributed by atoms with Crippen molar-refractivity contribution in [3.63, 3.8) is 0 Å². The molecule has 1 unspecified atom stereocenters. The summed E-state index contributed by atoms with van der Waals surface area (Å²) in [5.74, 6) is -1.84. The molecule has 9 heteroatoms. The highest BCUT2D eigenvalue weighted by Gasteiger charge is 2.35. The standard InChI is InChI=1S/C11H15N3O5S/c15-10(5-8-1-2-12-13-8)14-3-4-20(18,19)7-9(14)6-11(16)17/h1-2,9H,3-7H2,(H,12,13)(H,16,17). The van der Waals surface area contributed by atoms with Gasteiger partial charge in [-0.25, -0.2) is 8.42 Å². The lowest BCUT2D eigenvalue weighted by molar-refractivity contribution is -0.140. The van der Waals surface area contributed by atoms with E-state index in [1.807, 2.05) is 0 Å². The predicted octanol–water partition coefficient (Wildman–Crippen LogP) is -0.947. The van der Waals surface area contributed by atoms with Gasteiger partial charge in [-0.05, 0) is 6.07 Å². The van der Waals surface area contributed by atoms with E-state index in [0.29, 0.717) is 5.69 Å². The molecule has 0 aliphatic carbocycles. The Morgan fingerprint density at radius 1 is 1.50 bits per heavy atom. The predicted molar refractivity (Wildman–Crippen MR) is 68.7 cm³/mol. The van der Waals surface area contributed by atoms with Crippen LogP contribution in [-0.4, -0.2) is 64.6 Å². The molecule has 1 aliphatic heterocycles. The summed E-state index contributed by atoms with van der Waals surface area (Å²) in [7, 11) is -3.28. The first-order valence-corrected chi connectivity index (χ1v) is 7.89. The van der Waals surface area contributed by atoms with Crippen LogP contribution >= 0.6 is 0 Å². The molecule has 0 spiro atoms. The van der Waals surface area contributed by atoms with Crippen molar-refractivity contribution in [2.75, 3.05) is 18.1 Å². The number of carbonyl (C=O) groups excluding carboxylic acids is 1. The molecule has 0 radical (unpaired) electrons. The van der Waals surface area contributed by atoms with Crippen LogP contribution in [0.4, 0.5) is 0 Å². The molecule has 0 saturated carbocycles. The monoisotopic (exact) mass is 301 g/mol. The highest BCUT2D eigenvalue weighted by molar-refractivity contribution is 7.91. The largest absolute Gasteiger partial charge is 0.481 e. The first-order valence-electron chi connectivity index (χ1n) is 6.07. The number of sulfone groups is 1. The van der Waals surface area contributed by atoms with Crippen LogP contribution in [-0.2, 0) is 25.8 Å². The van der Waals surface area contributed by atoms with Crippen LogP contribution in [0.3, 0.4) is 0 Å². The fraction of sp³-hybridized carbons (Fsp3) is 0.545. The van der Waals surface area contributed by atoms with Gasteiger partial charge in [0.2, 0.25) is 5.91 Å². The Hall–Kier alpha value is -1.90. The zero-order chi connectivity index (χ0) is 14.8. The normalized spacial score (nSPS) is 21.6. The molecular formula is C11H15N3O5S. The van der Waals surface area contributed by atoms with Gasteiger partial charge in [0.1, 0.15) is 0 Å². The van der Waals surface area contributed by atoms with Crippen molar-refractivity contribution in [2.45, 2.75) is 18.9 Å². The first-order chi connectivity index (χ1) is 9.37. The summed E-state index contributed by atoms with van der Waals surface area (Å²) < 4.78 is 23.2. The Bertz CT molecular complexity index is 596. The zero-order valence-corrected chi connectivity index (χ0v) is 11.5. The maximum atomic E-state index is 12.2. The minimum absolute atomic E-state index is 0.0350. The van der Waals surface area contributed by atoms with Gasteiger partial charge < -0.3 is 10.0 Å². The Balaban J connectivity index is 2.11. The summed E-state index contributed by atoms with van der Waals surface area (Å²) in [6.45, 7) is 0.0350. The Morgan fingerprint density at radius 2 is 2.25 bits per heavy atom. The number of rotatable bonds is 4. The number of H-pyrrole nitrogens is 1. The van der Waals surface area contributed by atoms with Gasteiger partial charge in [-0.2, -0.15) is 5.10 Å². The molecule has 2 heterocycles. The number of hydrogen-bond donors (Lipinski definition) is 2. The summed E-state index contributed by atoms with van der Waals surface area (Å²) in [5, 5.41) is 15.2. The molecule has 20 heavy (non-hydrogen) atoms. The Kier molecular flexibility index (Phi) is 4.07. The van der Waals surface area contributed by atoms with E-state index in [2.05, 4.69) is 10.2 Å². The molecule has 1 aliphatic rings. The molecule has 110 valence electrons. The Labute approximate surface area is 115 Å². The molecule has 2 N–H and O–H groups in total. The Morgan fingerprint density at radius 3 is 2.85 bits per heavy atom. The van der Waals surface area contributed by atoms with E-state index in [1.165, 1.54) is 11.1 Å². The summed E-state index contributed by atoms with van der Waals surface area (Å²) in [6.07, 6.45) is 1.20. The van der Waals surface area contributed by atoms with Crippen LogP contribution in [0.15, 0.2) is 12.3 Å². The second-order valence-electron chi connectivity index (χ2n) is 4.71. The average Bonchev–Trinajstić information content (AvgIpc) is 2.79. The molecule has 8 nitrogen and oxygen atoms in total. The summed E-state index contributed by atoms with van der Waals surface area (Å²) in [6, 6.07) is 0.840. The number of aromatic nitrogens is 2. The fourth-order valence-electron chi connectivity index (χ4n) is 2.23. The number of nitrogens with zero attached hydrogens (tertiary/aromatic N) is 2. The van der Waals surface area contributed by atoms with E-state index in [0.717, 1.165) is 0 Å². The van der Waals surface area contributed by atoms with Gasteiger partial charge in [-0.1, -0.05) is 0 Å². The number of carboxylic acid groups (broad SMARTS) is 1. The molecule has 0 aromatic carbocycles. The van der Waals surface area contributed by atoms with Gasteiger partial charge in [0, 0.05) is 18.4 Å². The lowest BCUT2D eigenvalue weighted by Gasteiger charge is -2.34. The molecule has 1 fully saturated rings. The van der Waals surface area contributed by atoms with Gasteiger partial charge >= 0.3 is 5.97 Å². The van der Waals surface area contributed by atoms with Crippen molar-refractivity contribution in [3.8, 4) is 0 Å². The molecule has 1 atom stereocenters. The molecule has 0 bridgehead atoms. The molecule has 1 aromatic rings. The third-order valence-electron chi connectivity index (χ3n) is 3.16. The third-order valence-corrected chi connectivity index (χ3v) is 4.86. The number of amides is 1. The van der Waals surface area contributed by atoms with Crippen LogP contribution in [0.1, 0.15) is 12.1 Å². The fourth-order valence-corrected chi connectivity index (χ4v) is 3.76.